The maximum absolute atomic E-state index is 2.28. The second-order valence-electron chi connectivity index (χ2n) is 4.31. The van der Waals surface area contributed by atoms with Gasteiger partial charge in [0.2, 0.25) is 0 Å². The summed E-state index contributed by atoms with van der Waals surface area (Å²) in [4.78, 5) is 0. The Hall–Kier alpha value is -2.09. The molecule has 17 heavy (non-hydrogen) atoms. The Balaban J connectivity index is 2.07. The van der Waals surface area contributed by atoms with Crippen LogP contribution in [0.2, 0.25) is 0 Å². The Morgan fingerprint density at radius 1 is 1.00 bits per heavy atom. The van der Waals surface area contributed by atoms with Gasteiger partial charge in [0.15, 0.2) is 0 Å². The fraction of sp³-hybridized carbons (Fsp3) is 0.133. The number of aryl methyl sites for hydroxylation is 1. The molecule has 0 radical (unpaired) electrons. The zero-order valence-electron chi connectivity index (χ0n) is 9.88. The molecule has 2 aromatic heterocycles. The highest BCUT2D eigenvalue weighted by Gasteiger charge is 2.12. The first-order valence-electron chi connectivity index (χ1n) is 5.85. The lowest BCUT2D eigenvalue weighted by atomic mass is 10.2. The Morgan fingerprint density at radius 2 is 1.76 bits per heavy atom. The van der Waals surface area contributed by atoms with Gasteiger partial charge in [-0.25, -0.2) is 8.97 Å². The molecule has 0 aliphatic carbocycles. The maximum Gasteiger partial charge on any atom is 0.286 e. The van der Waals surface area contributed by atoms with E-state index in [4.69, 9.17) is 0 Å². The highest BCUT2D eigenvalue weighted by Crippen LogP contribution is 2.05. The number of rotatable bonds is 2. The minimum atomic E-state index is 0.919. The van der Waals surface area contributed by atoms with Crippen molar-refractivity contribution in [2.24, 2.45) is 0 Å². The van der Waals surface area contributed by atoms with Crippen molar-refractivity contribution in [3.05, 3.63) is 72.2 Å². The fourth-order valence-electron chi connectivity index (χ4n) is 2.23. The molecule has 1 aromatic carbocycles. The smallest absolute Gasteiger partial charge is 0.226 e. The van der Waals surface area contributed by atoms with Gasteiger partial charge in [-0.1, -0.05) is 36.4 Å². The van der Waals surface area contributed by atoms with E-state index in [0.717, 1.165) is 6.54 Å². The minimum absolute atomic E-state index is 0.919. The van der Waals surface area contributed by atoms with Gasteiger partial charge < -0.3 is 0 Å². The second kappa shape index (κ2) is 4.06. The number of imidazole rings is 1. The van der Waals surface area contributed by atoms with Crippen LogP contribution in [-0.2, 0) is 6.54 Å². The molecule has 0 saturated heterocycles. The first kappa shape index (κ1) is 10.1. The summed E-state index contributed by atoms with van der Waals surface area (Å²) in [7, 11) is 0. The van der Waals surface area contributed by atoms with Gasteiger partial charge in [-0.15, -0.1) is 0 Å². The zero-order chi connectivity index (χ0) is 11.7. The molecule has 0 aliphatic heterocycles. The third kappa shape index (κ3) is 1.82. The van der Waals surface area contributed by atoms with E-state index < -0.39 is 0 Å². The van der Waals surface area contributed by atoms with Crippen LogP contribution < -0.4 is 4.57 Å². The van der Waals surface area contributed by atoms with Crippen molar-refractivity contribution in [1.29, 1.82) is 0 Å². The van der Waals surface area contributed by atoms with Crippen LogP contribution in [0.5, 0.6) is 0 Å². The summed E-state index contributed by atoms with van der Waals surface area (Å²) in [5, 5.41) is 0. The van der Waals surface area contributed by atoms with Gasteiger partial charge in [0.25, 0.3) is 5.65 Å². The molecular formula is C15H15N2+. The molecule has 0 atom stereocenters. The summed E-state index contributed by atoms with van der Waals surface area (Å²) in [6, 6.07) is 16.8. The van der Waals surface area contributed by atoms with Gasteiger partial charge in [-0.2, -0.15) is 0 Å². The monoisotopic (exact) mass is 223 g/mol. The van der Waals surface area contributed by atoms with Gasteiger partial charge in [0, 0.05) is 13.0 Å². The Morgan fingerprint density at radius 3 is 2.59 bits per heavy atom. The van der Waals surface area contributed by atoms with E-state index in [0.29, 0.717) is 0 Å². The largest absolute Gasteiger partial charge is 0.286 e. The molecule has 0 fully saturated rings. The lowest BCUT2D eigenvalue weighted by molar-refractivity contribution is -0.662. The van der Waals surface area contributed by atoms with Crippen molar-refractivity contribution in [2.45, 2.75) is 13.5 Å². The molecule has 2 heterocycles. The molecule has 0 bridgehead atoms. The van der Waals surface area contributed by atoms with E-state index in [1.807, 2.05) is 0 Å². The average molecular weight is 223 g/mol. The summed E-state index contributed by atoms with van der Waals surface area (Å²) >= 11 is 0. The summed E-state index contributed by atoms with van der Waals surface area (Å²) in [6.45, 7) is 3.05. The number of aromatic nitrogens is 2. The van der Waals surface area contributed by atoms with Crippen molar-refractivity contribution >= 4 is 5.65 Å². The van der Waals surface area contributed by atoms with E-state index >= 15 is 0 Å². The van der Waals surface area contributed by atoms with Crippen LogP contribution in [0.15, 0.2) is 60.9 Å². The fourth-order valence-corrected chi connectivity index (χ4v) is 2.23. The summed E-state index contributed by atoms with van der Waals surface area (Å²) < 4.78 is 4.49. The lowest BCUT2D eigenvalue weighted by Crippen LogP contribution is -2.32. The number of nitrogens with zero attached hydrogens (tertiary/aromatic N) is 2. The van der Waals surface area contributed by atoms with Gasteiger partial charge in [0.1, 0.15) is 18.4 Å². The highest BCUT2D eigenvalue weighted by molar-refractivity contribution is 5.33. The van der Waals surface area contributed by atoms with Gasteiger partial charge in [0.05, 0.1) is 6.20 Å². The molecule has 3 aromatic rings. The van der Waals surface area contributed by atoms with E-state index in [1.54, 1.807) is 0 Å². The third-order valence-electron chi connectivity index (χ3n) is 3.05. The lowest BCUT2D eigenvalue weighted by Gasteiger charge is -1.97. The van der Waals surface area contributed by atoms with Crippen molar-refractivity contribution in [3.63, 3.8) is 0 Å². The van der Waals surface area contributed by atoms with Gasteiger partial charge in [-0.3, -0.25) is 0 Å². The van der Waals surface area contributed by atoms with Gasteiger partial charge >= 0.3 is 0 Å². The number of hydrogen-bond acceptors (Lipinski definition) is 0. The Labute approximate surface area is 101 Å². The molecule has 0 amide bonds. The van der Waals surface area contributed by atoms with Gasteiger partial charge in [-0.05, 0) is 11.6 Å². The molecule has 0 aliphatic rings. The Kier molecular flexibility index (Phi) is 2.41. The molecule has 0 N–H and O–H groups in total. The predicted molar refractivity (Wildman–Crippen MR) is 67.9 cm³/mol. The first-order valence-corrected chi connectivity index (χ1v) is 5.85. The van der Waals surface area contributed by atoms with Crippen LogP contribution in [0.1, 0.15) is 11.3 Å². The average Bonchev–Trinajstić information content (AvgIpc) is 2.69. The number of benzene rings is 1. The van der Waals surface area contributed by atoms with Crippen LogP contribution >= 0.6 is 0 Å². The molecule has 0 saturated carbocycles. The van der Waals surface area contributed by atoms with Crippen molar-refractivity contribution in [3.8, 4) is 0 Å². The van der Waals surface area contributed by atoms with E-state index in [2.05, 4.69) is 76.8 Å². The summed E-state index contributed by atoms with van der Waals surface area (Å²) in [6.07, 6.45) is 4.30. The van der Waals surface area contributed by atoms with Crippen LogP contribution in [0.4, 0.5) is 0 Å². The van der Waals surface area contributed by atoms with Crippen LogP contribution in [0.3, 0.4) is 0 Å². The molecule has 0 spiro atoms. The number of fused-ring (bicyclic) bond motifs is 1. The molecular weight excluding hydrogens is 208 g/mol. The van der Waals surface area contributed by atoms with Crippen LogP contribution in [0, 0.1) is 6.92 Å². The minimum Gasteiger partial charge on any atom is -0.226 e. The zero-order valence-corrected chi connectivity index (χ0v) is 9.88. The summed E-state index contributed by atoms with van der Waals surface area (Å²) in [5.41, 5.74) is 3.82. The quantitative estimate of drug-likeness (QED) is 0.590. The van der Waals surface area contributed by atoms with E-state index in [1.165, 1.54) is 16.9 Å². The first-order chi connectivity index (χ1) is 8.34. The van der Waals surface area contributed by atoms with Crippen molar-refractivity contribution in [2.75, 3.05) is 0 Å². The molecule has 2 heteroatoms. The normalized spacial score (nSPS) is 10.9. The Bertz CT molecular complexity index is 638. The maximum atomic E-state index is 2.28. The molecule has 84 valence electrons. The van der Waals surface area contributed by atoms with Crippen LogP contribution in [0.25, 0.3) is 5.65 Å². The molecule has 2 nitrogen and oxygen atoms in total. The van der Waals surface area contributed by atoms with E-state index in [9.17, 15) is 0 Å². The highest BCUT2D eigenvalue weighted by atomic mass is 15.1. The molecule has 3 rings (SSSR count). The number of pyridine rings is 1. The second-order valence-corrected chi connectivity index (χ2v) is 4.31. The van der Waals surface area contributed by atoms with E-state index in [-0.39, 0.29) is 0 Å². The SMILES string of the molecule is Cc1c[n+](Cc2ccccc2)c2ccccn12. The molecule has 0 unspecified atom stereocenters. The van der Waals surface area contributed by atoms with Crippen molar-refractivity contribution in [1.82, 2.24) is 4.40 Å². The van der Waals surface area contributed by atoms with Crippen LogP contribution in [-0.4, -0.2) is 4.40 Å². The topological polar surface area (TPSA) is 8.29 Å². The van der Waals surface area contributed by atoms with Crippen molar-refractivity contribution < 1.29 is 4.57 Å². The summed E-state index contributed by atoms with van der Waals surface area (Å²) in [5.74, 6) is 0. The number of hydrogen-bond donors (Lipinski definition) is 0. The predicted octanol–water partition coefficient (Wildman–Crippen LogP) is 2.58. The third-order valence-corrected chi connectivity index (χ3v) is 3.05. The standard InChI is InChI=1S/C15H15N2/c1-13-11-16(12-14-7-3-2-4-8-14)15-9-5-6-10-17(13)15/h2-11H,12H2,1H3/q+1.